The first-order chi connectivity index (χ1) is 12.3. The molecule has 0 unspecified atom stereocenters. The third-order valence-electron chi connectivity index (χ3n) is 5.22. The van der Waals surface area contributed by atoms with E-state index in [9.17, 15) is 9.59 Å². The number of anilines is 1. The molecule has 2 aromatic rings. The average Bonchev–Trinajstić information content (AvgIpc) is 2.61. The highest BCUT2D eigenvalue weighted by Gasteiger charge is 2.36. The largest absolute Gasteiger partial charge is 0.496 e. The zero-order valence-corrected chi connectivity index (χ0v) is 16.1. The summed E-state index contributed by atoms with van der Waals surface area (Å²) in [5, 5.41) is 0. The third kappa shape index (κ3) is 2.90. The van der Waals surface area contributed by atoms with E-state index in [2.05, 4.69) is 32.9 Å². The number of hydrogen-bond acceptors (Lipinski definition) is 3. The summed E-state index contributed by atoms with van der Waals surface area (Å²) in [6, 6.07) is 9.64. The van der Waals surface area contributed by atoms with E-state index in [0.29, 0.717) is 24.3 Å². The van der Waals surface area contributed by atoms with Gasteiger partial charge in [-0.3, -0.25) is 9.59 Å². The van der Waals surface area contributed by atoms with Gasteiger partial charge in [0.1, 0.15) is 12.0 Å². The lowest BCUT2D eigenvalue weighted by molar-refractivity contribution is -0.120. The monoisotopic (exact) mass is 351 g/mol. The van der Waals surface area contributed by atoms with E-state index in [0.717, 1.165) is 28.7 Å². The molecule has 0 spiro atoms. The summed E-state index contributed by atoms with van der Waals surface area (Å²) >= 11 is 0. The predicted molar refractivity (Wildman–Crippen MR) is 104 cm³/mol. The van der Waals surface area contributed by atoms with Gasteiger partial charge in [-0.05, 0) is 54.8 Å². The molecule has 0 radical (unpaired) electrons. The van der Waals surface area contributed by atoms with Crippen LogP contribution in [0.25, 0.3) is 11.1 Å². The van der Waals surface area contributed by atoms with E-state index in [1.165, 1.54) is 5.56 Å². The fourth-order valence-electron chi connectivity index (χ4n) is 3.81. The average molecular weight is 351 g/mol. The maximum absolute atomic E-state index is 12.6. The molecular formula is C22H25NO3. The predicted octanol–water partition coefficient (Wildman–Crippen LogP) is 4.52. The Labute approximate surface area is 154 Å². The number of nitrogens with zero attached hydrogens (tertiary/aromatic N) is 1. The van der Waals surface area contributed by atoms with Crippen molar-refractivity contribution in [2.75, 3.05) is 18.6 Å². The van der Waals surface area contributed by atoms with Gasteiger partial charge in [-0.15, -0.1) is 0 Å². The number of carbonyl (C=O) groups is 2. The van der Waals surface area contributed by atoms with E-state index in [-0.39, 0.29) is 11.3 Å². The number of carbonyl (C=O) groups excluding carboxylic acids is 2. The number of rotatable bonds is 4. The Balaban J connectivity index is 2.28. The summed E-state index contributed by atoms with van der Waals surface area (Å²) < 4.78 is 5.52. The van der Waals surface area contributed by atoms with Crippen molar-refractivity contribution >= 4 is 17.9 Å². The van der Waals surface area contributed by atoms with Crippen molar-refractivity contribution < 1.29 is 14.3 Å². The molecule has 26 heavy (non-hydrogen) atoms. The molecule has 0 fully saturated rings. The van der Waals surface area contributed by atoms with Crippen LogP contribution in [0.1, 0.15) is 48.7 Å². The summed E-state index contributed by atoms with van der Waals surface area (Å²) in [5.74, 6) is 0.858. The summed E-state index contributed by atoms with van der Waals surface area (Å²) in [6.07, 6.45) is 1.35. The molecule has 0 saturated heterocycles. The number of hydrogen-bond donors (Lipinski definition) is 0. The van der Waals surface area contributed by atoms with Crippen molar-refractivity contribution in [1.29, 1.82) is 0 Å². The SMILES string of the molecule is CCN1C(=O)CC(C)(C)c2cc(C)c(-c3cc(C=O)ccc3OC)cc21. The van der Waals surface area contributed by atoms with E-state index >= 15 is 0 Å². The van der Waals surface area contributed by atoms with Gasteiger partial charge in [0.15, 0.2) is 0 Å². The van der Waals surface area contributed by atoms with Crippen molar-refractivity contribution in [3.63, 3.8) is 0 Å². The Morgan fingerprint density at radius 2 is 1.92 bits per heavy atom. The summed E-state index contributed by atoms with van der Waals surface area (Å²) in [5.41, 5.74) is 5.48. The van der Waals surface area contributed by atoms with E-state index in [1.54, 1.807) is 13.2 Å². The van der Waals surface area contributed by atoms with Gasteiger partial charge in [-0.25, -0.2) is 0 Å². The van der Waals surface area contributed by atoms with E-state index in [1.807, 2.05) is 24.0 Å². The Morgan fingerprint density at radius 3 is 2.54 bits per heavy atom. The van der Waals surface area contributed by atoms with Gasteiger partial charge < -0.3 is 9.64 Å². The van der Waals surface area contributed by atoms with Crippen LogP contribution in [0.15, 0.2) is 30.3 Å². The van der Waals surface area contributed by atoms with Crippen molar-refractivity contribution in [1.82, 2.24) is 0 Å². The van der Waals surface area contributed by atoms with Crippen molar-refractivity contribution in [2.45, 2.75) is 39.5 Å². The molecule has 0 atom stereocenters. The summed E-state index contributed by atoms with van der Waals surface area (Å²) in [6.45, 7) is 8.92. The Kier molecular flexibility index (Phi) is 4.61. The Morgan fingerprint density at radius 1 is 1.19 bits per heavy atom. The molecule has 0 aromatic heterocycles. The molecule has 136 valence electrons. The van der Waals surface area contributed by atoms with Crippen LogP contribution in [0.2, 0.25) is 0 Å². The molecule has 1 aliphatic heterocycles. The number of ether oxygens (including phenoxy) is 1. The molecule has 2 aromatic carbocycles. The second-order valence-electron chi connectivity index (χ2n) is 7.46. The lowest BCUT2D eigenvalue weighted by Crippen LogP contribution is -2.41. The molecular weight excluding hydrogens is 326 g/mol. The molecule has 4 nitrogen and oxygen atoms in total. The molecule has 1 amide bonds. The fraction of sp³-hybridized carbons (Fsp3) is 0.364. The minimum atomic E-state index is -0.198. The number of methoxy groups -OCH3 is 1. The van der Waals surface area contributed by atoms with Gasteiger partial charge in [0.25, 0.3) is 0 Å². The quantitative estimate of drug-likeness (QED) is 0.761. The molecule has 1 aliphatic rings. The van der Waals surface area contributed by atoms with Gasteiger partial charge in [0, 0.05) is 35.2 Å². The lowest BCUT2D eigenvalue weighted by Gasteiger charge is -2.39. The van der Waals surface area contributed by atoms with Gasteiger partial charge in [-0.2, -0.15) is 0 Å². The zero-order valence-electron chi connectivity index (χ0n) is 16.1. The number of fused-ring (bicyclic) bond motifs is 1. The van der Waals surface area contributed by atoms with Crippen LogP contribution in [0.4, 0.5) is 5.69 Å². The Hall–Kier alpha value is -2.62. The van der Waals surface area contributed by atoms with E-state index in [4.69, 9.17) is 4.74 Å². The zero-order chi connectivity index (χ0) is 19.1. The van der Waals surface area contributed by atoms with Gasteiger partial charge in [-0.1, -0.05) is 19.9 Å². The number of aryl methyl sites for hydroxylation is 1. The first-order valence-corrected chi connectivity index (χ1v) is 8.91. The van der Waals surface area contributed by atoms with Crippen LogP contribution in [-0.4, -0.2) is 25.8 Å². The number of amides is 1. The molecule has 1 heterocycles. The van der Waals surface area contributed by atoms with Crippen molar-refractivity contribution in [3.8, 4) is 16.9 Å². The maximum atomic E-state index is 12.6. The maximum Gasteiger partial charge on any atom is 0.227 e. The molecule has 0 aliphatic carbocycles. The van der Waals surface area contributed by atoms with Crippen LogP contribution in [-0.2, 0) is 10.2 Å². The molecule has 4 heteroatoms. The minimum Gasteiger partial charge on any atom is -0.496 e. The van der Waals surface area contributed by atoms with Crippen LogP contribution in [0.3, 0.4) is 0 Å². The molecule has 0 saturated carbocycles. The third-order valence-corrected chi connectivity index (χ3v) is 5.22. The second kappa shape index (κ2) is 6.60. The second-order valence-corrected chi connectivity index (χ2v) is 7.46. The number of aldehydes is 1. The highest BCUT2D eigenvalue weighted by molar-refractivity contribution is 5.99. The van der Waals surface area contributed by atoms with E-state index < -0.39 is 0 Å². The molecule has 0 N–H and O–H groups in total. The Bertz CT molecular complexity index is 883. The molecule has 0 bridgehead atoms. The van der Waals surface area contributed by atoms with Crippen LogP contribution < -0.4 is 9.64 Å². The topological polar surface area (TPSA) is 46.6 Å². The standard InChI is InChI=1S/C22H25NO3/c1-6-23-19-11-16(17-10-15(13-24)7-8-20(17)26-5)14(2)9-18(19)22(3,4)12-21(23)25/h7-11,13H,6,12H2,1-5H3. The van der Waals surface area contributed by atoms with Crippen LogP contribution >= 0.6 is 0 Å². The van der Waals surface area contributed by atoms with Crippen molar-refractivity contribution in [3.05, 3.63) is 47.0 Å². The highest BCUT2D eigenvalue weighted by Crippen LogP contribution is 2.44. The normalized spacial score (nSPS) is 15.6. The smallest absolute Gasteiger partial charge is 0.227 e. The van der Waals surface area contributed by atoms with Gasteiger partial charge in [0.05, 0.1) is 7.11 Å². The fourth-order valence-corrected chi connectivity index (χ4v) is 3.81. The number of benzene rings is 2. The van der Waals surface area contributed by atoms with Crippen LogP contribution in [0.5, 0.6) is 5.75 Å². The van der Waals surface area contributed by atoms with Crippen LogP contribution in [0, 0.1) is 6.92 Å². The molecule has 3 rings (SSSR count). The lowest BCUT2D eigenvalue weighted by atomic mass is 9.75. The van der Waals surface area contributed by atoms with Crippen molar-refractivity contribution in [2.24, 2.45) is 0 Å². The first kappa shape index (κ1) is 18.2. The summed E-state index contributed by atoms with van der Waals surface area (Å²) in [7, 11) is 1.62. The highest BCUT2D eigenvalue weighted by atomic mass is 16.5. The first-order valence-electron chi connectivity index (χ1n) is 8.91. The van der Waals surface area contributed by atoms with Gasteiger partial charge in [0.2, 0.25) is 5.91 Å². The van der Waals surface area contributed by atoms with Gasteiger partial charge >= 0.3 is 0 Å². The summed E-state index contributed by atoms with van der Waals surface area (Å²) in [4.78, 5) is 25.7. The minimum absolute atomic E-state index is 0.147.